The lowest BCUT2D eigenvalue weighted by atomic mass is 10.1. The molecule has 6 heteroatoms. The topological polar surface area (TPSA) is 47.8 Å². The third kappa shape index (κ3) is 4.71. The molecule has 0 fully saturated rings. The van der Waals surface area contributed by atoms with Gasteiger partial charge in [-0.2, -0.15) is 0 Å². The minimum Gasteiger partial charge on any atom is -0.302 e. The molecule has 0 saturated carbocycles. The quantitative estimate of drug-likeness (QED) is 0.294. The summed E-state index contributed by atoms with van der Waals surface area (Å²) in [6.45, 7) is 4.43. The first-order chi connectivity index (χ1) is 12.7. The van der Waals surface area contributed by atoms with Crippen molar-refractivity contribution in [2.24, 2.45) is 0 Å². The van der Waals surface area contributed by atoms with E-state index in [2.05, 4.69) is 44.8 Å². The number of carbonyl (C=O) groups is 1. The number of nitrogens with zero attached hydrogens (tertiary/aromatic N) is 3. The second-order valence-electron chi connectivity index (χ2n) is 5.68. The van der Waals surface area contributed by atoms with Gasteiger partial charge in [0, 0.05) is 23.0 Å². The third-order valence-corrected chi connectivity index (χ3v) is 5.30. The lowest BCUT2D eigenvalue weighted by Gasteiger charge is -2.07. The second-order valence-corrected chi connectivity index (χ2v) is 7.54. The second kappa shape index (κ2) is 8.96. The summed E-state index contributed by atoms with van der Waals surface area (Å²) in [6.07, 6.45) is 2.52. The maximum atomic E-state index is 12.4. The molecule has 3 rings (SSSR count). The van der Waals surface area contributed by atoms with E-state index in [-0.39, 0.29) is 5.78 Å². The number of hydrogen-bond donors (Lipinski definition) is 0. The van der Waals surface area contributed by atoms with Gasteiger partial charge in [-0.3, -0.25) is 4.79 Å². The standard InChI is InChI=1S/C20H18BrN3OS/c1-2-12-24-19(13-15-6-4-3-5-7-15)22-23-20(24)26-14-18(25)16-8-10-17(21)11-9-16/h2-11H,1,12-14H2. The van der Waals surface area contributed by atoms with Gasteiger partial charge in [0.15, 0.2) is 10.9 Å². The normalized spacial score (nSPS) is 10.7. The van der Waals surface area contributed by atoms with Crippen LogP contribution < -0.4 is 0 Å². The molecule has 0 radical (unpaired) electrons. The van der Waals surface area contributed by atoms with Gasteiger partial charge in [-0.1, -0.05) is 76.2 Å². The highest BCUT2D eigenvalue weighted by Crippen LogP contribution is 2.21. The summed E-state index contributed by atoms with van der Waals surface area (Å²) >= 11 is 4.79. The van der Waals surface area contributed by atoms with Crippen molar-refractivity contribution < 1.29 is 4.79 Å². The molecule has 26 heavy (non-hydrogen) atoms. The summed E-state index contributed by atoms with van der Waals surface area (Å²) in [5, 5.41) is 9.34. The smallest absolute Gasteiger partial charge is 0.191 e. The van der Waals surface area contributed by atoms with Gasteiger partial charge in [0.25, 0.3) is 0 Å². The number of Topliss-reactive ketones (excluding diaryl/α,β-unsaturated/α-hetero) is 1. The Morgan fingerprint density at radius 1 is 1.12 bits per heavy atom. The number of rotatable bonds is 8. The van der Waals surface area contributed by atoms with Gasteiger partial charge >= 0.3 is 0 Å². The van der Waals surface area contributed by atoms with Crippen LogP contribution in [0.4, 0.5) is 0 Å². The number of carbonyl (C=O) groups excluding carboxylic acids is 1. The Morgan fingerprint density at radius 3 is 2.54 bits per heavy atom. The molecule has 132 valence electrons. The first-order valence-corrected chi connectivity index (χ1v) is 9.93. The number of aromatic nitrogens is 3. The Labute approximate surface area is 165 Å². The minimum absolute atomic E-state index is 0.0697. The van der Waals surface area contributed by atoms with E-state index in [1.54, 1.807) is 0 Å². The number of thioether (sulfide) groups is 1. The molecule has 1 aromatic heterocycles. The zero-order valence-electron chi connectivity index (χ0n) is 14.1. The summed E-state index contributed by atoms with van der Waals surface area (Å²) in [4.78, 5) is 12.4. The van der Waals surface area contributed by atoms with Crippen molar-refractivity contribution in [2.45, 2.75) is 18.1 Å². The molecule has 0 N–H and O–H groups in total. The van der Waals surface area contributed by atoms with Crippen molar-refractivity contribution in [1.29, 1.82) is 0 Å². The van der Waals surface area contributed by atoms with Crippen LogP contribution >= 0.6 is 27.7 Å². The number of benzene rings is 2. The van der Waals surface area contributed by atoms with E-state index in [1.807, 2.05) is 53.1 Å². The molecule has 3 aromatic rings. The average Bonchev–Trinajstić information content (AvgIpc) is 3.03. The predicted molar refractivity (Wildman–Crippen MR) is 109 cm³/mol. The molecular weight excluding hydrogens is 410 g/mol. The van der Waals surface area contributed by atoms with Gasteiger partial charge in [-0.25, -0.2) is 0 Å². The van der Waals surface area contributed by atoms with Crippen LogP contribution in [0.2, 0.25) is 0 Å². The van der Waals surface area contributed by atoms with Gasteiger partial charge in [-0.15, -0.1) is 16.8 Å². The van der Waals surface area contributed by atoms with Crippen LogP contribution in [0.25, 0.3) is 0 Å². The highest BCUT2D eigenvalue weighted by atomic mass is 79.9. The number of ketones is 1. The molecule has 1 heterocycles. The lowest BCUT2D eigenvalue weighted by Crippen LogP contribution is -2.07. The predicted octanol–water partition coefficient (Wildman–Crippen LogP) is 4.79. The Bertz CT molecular complexity index is 891. The van der Waals surface area contributed by atoms with Gasteiger partial charge in [0.1, 0.15) is 5.82 Å². The van der Waals surface area contributed by atoms with Gasteiger partial charge in [-0.05, 0) is 17.7 Å². The van der Waals surface area contributed by atoms with Crippen molar-refractivity contribution in [1.82, 2.24) is 14.8 Å². The molecule has 0 bridgehead atoms. The van der Waals surface area contributed by atoms with Gasteiger partial charge in [0.2, 0.25) is 0 Å². The zero-order valence-corrected chi connectivity index (χ0v) is 16.5. The fourth-order valence-electron chi connectivity index (χ4n) is 2.50. The van der Waals surface area contributed by atoms with Crippen molar-refractivity contribution >= 4 is 33.5 Å². The van der Waals surface area contributed by atoms with Crippen LogP contribution in [0.15, 0.2) is 76.9 Å². The molecule has 0 spiro atoms. The zero-order chi connectivity index (χ0) is 18.4. The SMILES string of the molecule is C=CCn1c(Cc2ccccc2)nnc1SCC(=O)c1ccc(Br)cc1. The van der Waals surface area contributed by atoms with Crippen molar-refractivity contribution in [3.8, 4) is 0 Å². The van der Waals surface area contributed by atoms with Gasteiger partial charge in [0.05, 0.1) is 5.75 Å². The van der Waals surface area contributed by atoms with Crippen LogP contribution in [0.5, 0.6) is 0 Å². The third-order valence-electron chi connectivity index (χ3n) is 3.81. The maximum absolute atomic E-state index is 12.4. The van der Waals surface area contributed by atoms with Crippen LogP contribution in [-0.4, -0.2) is 26.3 Å². The van der Waals surface area contributed by atoms with E-state index in [4.69, 9.17) is 0 Å². The largest absolute Gasteiger partial charge is 0.302 e. The van der Waals surface area contributed by atoms with Crippen LogP contribution in [0.1, 0.15) is 21.7 Å². The molecule has 0 aliphatic rings. The van der Waals surface area contributed by atoms with Crippen molar-refractivity contribution in [2.75, 3.05) is 5.75 Å². The molecule has 2 aromatic carbocycles. The van der Waals surface area contributed by atoms with E-state index < -0.39 is 0 Å². The maximum Gasteiger partial charge on any atom is 0.191 e. The fraction of sp³-hybridized carbons (Fsp3) is 0.150. The Hall–Kier alpha value is -2.18. The minimum atomic E-state index is 0.0697. The summed E-state index contributed by atoms with van der Waals surface area (Å²) in [6, 6.07) is 17.5. The first-order valence-electron chi connectivity index (χ1n) is 8.16. The molecule has 4 nitrogen and oxygen atoms in total. The van der Waals surface area contributed by atoms with Gasteiger partial charge < -0.3 is 4.57 Å². The summed E-state index contributed by atoms with van der Waals surface area (Å²) < 4.78 is 2.97. The Balaban J connectivity index is 1.72. The molecule has 0 atom stereocenters. The fourth-order valence-corrected chi connectivity index (χ4v) is 3.62. The average molecular weight is 428 g/mol. The molecule has 0 saturated heterocycles. The van der Waals surface area contributed by atoms with Crippen molar-refractivity contribution in [3.63, 3.8) is 0 Å². The number of allylic oxidation sites excluding steroid dienone is 1. The van der Waals surface area contributed by atoms with E-state index >= 15 is 0 Å². The Kier molecular flexibility index (Phi) is 6.41. The highest BCUT2D eigenvalue weighted by molar-refractivity contribution is 9.10. The molecular formula is C20H18BrN3OS. The lowest BCUT2D eigenvalue weighted by molar-refractivity contribution is 0.102. The summed E-state index contributed by atoms with van der Waals surface area (Å²) in [5.41, 5.74) is 1.87. The molecule has 0 aliphatic carbocycles. The molecule has 0 aliphatic heterocycles. The monoisotopic (exact) mass is 427 g/mol. The summed E-state index contributed by atoms with van der Waals surface area (Å²) in [5.74, 6) is 1.26. The highest BCUT2D eigenvalue weighted by Gasteiger charge is 2.14. The van der Waals surface area contributed by atoms with E-state index in [0.29, 0.717) is 24.3 Å². The number of halogens is 1. The van der Waals surface area contributed by atoms with Crippen LogP contribution in [0.3, 0.4) is 0 Å². The summed E-state index contributed by atoms with van der Waals surface area (Å²) in [7, 11) is 0. The first kappa shape index (κ1) is 18.6. The molecule has 0 amide bonds. The van der Waals surface area contributed by atoms with Crippen molar-refractivity contribution in [3.05, 3.63) is 88.7 Å². The van der Waals surface area contributed by atoms with E-state index in [1.165, 1.54) is 17.3 Å². The van der Waals surface area contributed by atoms with Crippen LogP contribution in [0, 0.1) is 0 Å². The molecule has 0 unspecified atom stereocenters. The van der Waals surface area contributed by atoms with E-state index in [0.717, 1.165) is 15.5 Å². The van der Waals surface area contributed by atoms with E-state index in [9.17, 15) is 4.79 Å². The number of hydrogen-bond acceptors (Lipinski definition) is 4. The Morgan fingerprint density at radius 2 is 1.85 bits per heavy atom. The van der Waals surface area contributed by atoms with Crippen LogP contribution in [-0.2, 0) is 13.0 Å².